The van der Waals surface area contributed by atoms with E-state index in [1.165, 1.54) is 30.3 Å². The number of carbonyl (C=O) groups excluding carboxylic acids is 2. The van der Waals surface area contributed by atoms with Crippen LogP contribution in [-0.2, 0) is 0 Å². The summed E-state index contributed by atoms with van der Waals surface area (Å²) in [7, 11) is 0. The van der Waals surface area contributed by atoms with Crippen LogP contribution < -0.4 is 0 Å². The highest BCUT2D eigenvalue weighted by molar-refractivity contribution is 6.04. The number of benzene rings is 2. The number of rotatable bonds is 6. The van der Waals surface area contributed by atoms with Gasteiger partial charge >= 0.3 is 0 Å². The van der Waals surface area contributed by atoms with E-state index in [4.69, 9.17) is 0 Å². The molecule has 146 valence electrons. The van der Waals surface area contributed by atoms with Gasteiger partial charge in [0.15, 0.2) is 11.6 Å². The number of hydrogen-bond acceptors (Lipinski definition) is 4. The minimum atomic E-state index is -1.33. The summed E-state index contributed by atoms with van der Waals surface area (Å²) >= 11 is 0. The molecule has 0 saturated carbocycles. The summed E-state index contributed by atoms with van der Waals surface area (Å²) < 4.78 is 12.9. The quantitative estimate of drug-likeness (QED) is 0.614. The van der Waals surface area contributed by atoms with Crippen molar-refractivity contribution in [2.75, 3.05) is 19.6 Å². The van der Waals surface area contributed by atoms with Gasteiger partial charge in [-0.15, -0.1) is 0 Å². The average molecular weight is 381 g/mol. The fourth-order valence-electron chi connectivity index (χ4n) is 3.33. The molecule has 2 aromatic carbocycles. The molecule has 0 bridgehead atoms. The maximum Gasteiger partial charge on any atom is 0.194 e. The van der Waals surface area contributed by atoms with Crippen LogP contribution in [0.5, 0.6) is 0 Å². The van der Waals surface area contributed by atoms with Gasteiger partial charge < -0.3 is 5.11 Å². The second-order valence-electron chi connectivity index (χ2n) is 7.30. The Kier molecular flexibility index (Phi) is 6.17. The number of likely N-dealkylation sites (tertiary alicyclic amines) is 1. The zero-order valence-corrected chi connectivity index (χ0v) is 15.9. The molecule has 1 N–H and O–H groups in total. The molecular formula is C23H24FNO3. The van der Waals surface area contributed by atoms with Crippen molar-refractivity contribution in [3.63, 3.8) is 0 Å². The van der Waals surface area contributed by atoms with Gasteiger partial charge in [-0.05, 0) is 50.1 Å². The Labute approximate surface area is 164 Å². The Morgan fingerprint density at radius 3 is 2.21 bits per heavy atom. The highest BCUT2D eigenvalue weighted by Crippen LogP contribution is 2.26. The largest absolute Gasteiger partial charge is 0.382 e. The van der Waals surface area contributed by atoms with Crippen molar-refractivity contribution in [1.29, 1.82) is 0 Å². The molecule has 0 radical (unpaired) electrons. The number of carbonyl (C=O) groups is 2. The predicted molar refractivity (Wildman–Crippen MR) is 106 cm³/mol. The van der Waals surface area contributed by atoms with Gasteiger partial charge in [-0.3, -0.25) is 14.5 Å². The van der Waals surface area contributed by atoms with Gasteiger partial charge in [0.2, 0.25) is 0 Å². The zero-order chi connectivity index (χ0) is 20.1. The van der Waals surface area contributed by atoms with Crippen LogP contribution in [-0.4, -0.2) is 46.8 Å². The molecule has 3 rings (SSSR count). The molecule has 1 aliphatic rings. The molecule has 0 amide bonds. The first-order chi connectivity index (χ1) is 13.4. The van der Waals surface area contributed by atoms with E-state index in [2.05, 4.69) is 4.90 Å². The first kappa shape index (κ1) is 20.1. The molecule has 0 unspecified atom stereocenters. The minimum absolute atomic E-state index is 0.178. The fraction of sp³-hybridized carbons (Fsp3) is 0.304. The molecular weight excluding hydrogens is 357 g/mol. The van der Waals surface area contributed by atoms with Crippen LogP contribution in [0, 0.1) is 12.7 Å². The SMILES string of the molecule is Cc1ccc(C(=O)C2(O)CCN(C/C=C/C(=O)c3ccc(F)cc3)CC2)cc1. The van der Waals surface area contributed by atoms with E-state index in [-0.39, 0.29) is 17.4 Å². The maximum absolute atomic E-state index is 12.9. The Morgan fingerprint density at radius 1 is 1.04 bits per heavy atom. The number of Topliss-reactive ketones (excluding diaryl/α,β-unsaturated/α-hetero) is 1. The summed E-state index contributed by atoms with van der Waals surface area (Å²) in [5.41, 5.74) is 0.709. The van der Waals surface area contributed by atoms with Crippen molar-refractivity contribution in [3.8, 4) is 0 Å². The van der Waals surface area contributed by atoms with E-state index in [0.717, 1.165) is 5.56 Å². The Morgan fingerprint density at radius 2 is 1.61 bits per heavy atom. The van der Waals surface area contributed by atoms with Crippen molar-refractivity contribution in [2.45, 2.75) is 25.4 Å². The van der Waals surface area contributed by atoms with Crippen LogP contribution in [0.25, 0.3) is 0 Å². The molecule has 0 atom stereocenters. The molecule has 1 fully saturated rings. The number of aliphatic hydroxyl groups is 1. The van der Waals surface area contributed by atoms with Crippen molar-refractivity contribution in [1.82, 2.24) is 4.90 Å². The van der Waals surface area contributed by atoms with Crippen LogP contribution in [0.4, 0.5) is 4.39 Å². The van der Waals surface area contributed by atoms with E-state index < -0.39 is 5.60 Å². The first-order valence-electron chi connectivity index (χ1n) is 9.40. The van der Waals surface area contributed by atoms with Crippen LogP contribution >= 0.6 is 0 Å². The van der Waals surface area contributed by atoms with E-state index in [1.807, 2.05) is 19.1 Å². The lowest BCUT2D eigenvalue weighted by Crippen LogP contribution is -2.49. The predicted octanol–water partition coefficient (Wildman–Crippen LogP) is 3.58. The molecule has 0 spiro atoms. The highest BCUT2D eigenvalue weighted by atomic mass is 19.1. The minimum Gasteiger partial charge on any atom is -0.382 e. The number of aryl methyl sites for hydroxylation is 1. The Hall–Kier alpha value is -2.63. The lowest BCUT2D eigenvalue weighted by molar-refractivity contribution is -0.00436. The Balaban J connectivity index is 1.52. The smallest absolute Gasteiger partial charge is 0.194 e. The molecule has 0 aliphatic carbocycles. The molecule has 4 nitrogen and oxygen atoms in total. The summed E-state index contributed by atoms with van der Waals surface area (Å²) in [5.74, 6) is -0.779. The molecule has 2 aromatic rings. The molecule has 1 saturated heterocycles. The second-order valence-corrected chi connectivity index (χ2v) is 7.30. The summed E-state index contributed by atoms with van der Waals surface area (Å²) in [4.78, 5) is 26.8. The van der Waals surface area contributed by atoms with E-state index >= 15 is 0 Å². The standard InChI is InChI=1S/C23H24FNO3/c1-17-4-6-19(7-5-17)22(27)23(28)12-15-25(16-13-23)14-2-3-21(26)18-8-10-20(24)11-9-18/h2-11,28H,12-16H2,1H3/b3-2+. The van der Waals surface area contributed by atoms with Gasteiger partial charge in [0.25, 0.3) is 0 Å². The van der Waals surface area contributed by atoms with E-state index in [0.29, 0.717) is 43.6 Å². The van der Waals surface area contributed by atoms with Crippen molar-refractivity contribution >= 4 is 11.6 Å². The number of hydrogen-bond donors (Lipinski definition) is 1. The van der Waals surface area contributed by atoms with Crippen molar-refractivity contribution in [2.24, 2.45) is 0 Å². The normalized spacial score (nSPS) is 17.0. The number of allylic oxidation sites excluding steroid dienone is 1. The van der Waals surface area contributed by atoms with Crippen molar-refractivity contribution in [3.05, 3.63) is 83.2 Å². The topological polar surface area (TPSA) is 57.6 Å². The summed E-state index contributed by atoms with van der Waals surface area (Å²) in [6.45, 7) is 3.66. The fourth-order valence-corrected chi connectivity index (χ4v) is 3.33. The molecule has 1 heterocycles. The van der Waals surface area contributed by atoms with Crippen molar-refractivity contribution < 1.29 is 19.1 Å². The number of piperidine rings is 1. The Bertz CT molecular complexity index is 864. The summed E-state index contributed by atoms with van der Waals surface area (Å²) in [5, 5.41) is 10.8. The molecule has 5 heteroatoms. The van der Waals surface area contributed by atoms with Crippen LogP contribution in [0.2, 0.25) is 0 Å². The third kappa shape index (κ3) is 4.80. The van der Waals surface area contributed by atoms with Crippen LogP contribution in [0.3, 0.4) is 0 Å². The maximum atomic E-state index is 12.9. The zero-order valence-electron chi connectivity index (χ0n) is 15.9. The third-order valence-corrected chi connectivity index (χ3v) is 5.18. The molecule has 28 heavy (non-hydrogen) atoms. The summed E-state index contributed by atoms with van der Waals surface area (Å²) in [6.07, 6.45) is 3.96. The third-order valence-electron chi connectivity index (χ3n) is 5.18. The van der Waals surface area contributed by atoms with Gasteiger partial charge in [-0.25, -0.2) is 4.39 Å². The lowest BCUT2D eigenvalue weighted by atomic mass is 9.84. The monoisotopic (exact) mass is 381 g/mol. The second kappa shape index (κ2) is 8.59. The van der Waals surface area contributed by atoms with Gasteiger partial charge in [0.1, 0.15) is 11.4 Å². The van der Waals surface area contributed by atoms with Gasteiger partial charge in [-0.2, -0.15) is 0 Å². The van der Waals surface area contributed by atoms with E-state index in [1.54, 1.807) is 18.2 Å². The summed E-state index contributed by atoms with van der Waals surface area (Å²) in [6, 6.07) is 12.7. The number of nitrogens with zero attached hydrogens (tertiary/aromatic N) is 1. The number of halogens is 1. The van der Waals surface area contributed by atoms with Crippen LogP contribution in [0.1, 0.15) is 39.1 Å². The van der Waals surface area contributed by atoms with Crippen LogP contribution in [0.15, 0.2) is 60.7 Å². The lowest BCUT2D eigenvalue weighted by Gasteiger charge is -2.36. The molecule has 1 aliphatic heterocycles. The number of ketones is 2. The molecule has 0 aromatic heterocycles. The highest BCUT2D eigenvalue weighted by Gasteiger charge is 2.39. The van der Waals surface area contributed by atoms with Gasteiger partial charge in [-0.1, -0.05) is 35.9 Å². The van der Waals surface area contributed by atoms with E-state index in [9.17, 15) is 19.1 Å². The van der Waals surface area contributed by atoms with Gasteiger partial charge in [0, 0.05) is 30.8 Å². The average Bonchev–Trinajstić information content (AvgIpc) is 2.70. The first-order valence-corrected chi connectivity index (χ1v) is 9.40. The van der Waals surface area contributed by atoms with Gasteiger partial charge in [0.05, 0.1) is 0 Å².